The van der Waals surface area contributed by atoms with Crippen LogP contribution in [0.15, 0.2) is 10.9 Å². The Kier molecular flexibility index (Phi) is 9.08. The molecule has 8 rings (SSSR count). The van der Waals surface area contributed by atoms with E-state index in [1.807, 2.05) is 4.90 Å². The number of H-pyrrole nitrogens is 1. The van der Waals surface area contributed by atoms with Gasteiger partial charge in [0.25, 0.3) is 5.91 Å². The molecule has 256 valence electrons. The summed E-state index contributed by atoms with van der Waals surface area (Å²) in [6.07, 6.45) is 2.83. The van der Waals surface area contributed by atoms with Crippen molar-refractivity contribution in [1.29, 1.82) is 0 Å². The number of aryl methyl sites for hydroxylation is 1. The Labute approximate surface area is 282 Å². The van der Waals surface area contributed by atoms with Gasteiger partial charge in [0.1, 0.15) is 23.6 Å². The Bertz CT molecular complexity index is 1920. The average molecular weight is 707 g/mol. The van der Waals surface area contributed by atoms with Gasteiger partial charge in [-0.2, -0.15) is 15.1 Å². The molecule has 4 aliphatic heterocycles. The summed E-state index contributed by atoms with van der Waals surface area (Å²) in [5.41, 5.74) is 2.26. The van der Waals surface area contributed by atoms with E-state index in [0.717, 1.165) is 19.0 Å². The molecule has 0 spiro atoms. The van der Waals surface area contributed by atoms with E-state index in [1.54, 1.807) is 4.68 Å². The van der Waals surface area contributed by atoms with Crippen molar-refractivity contribution in [2.75, 3.05) is 38.7 Å². The van der Waals surface area contributed by atoms with Gasteiger partial charge in [0.05, 0.1) is 53.0 Å². The van der Waals surface area contributed by atoms with Gasteiger partial charge in [-0.15, -0.1) is 0 Å². The van der Waals surface area contributed by atoms with Gasteiger partial charge < -0.3 is 24.7 Å². The number of methoxy groups -OCH3 is 1. The monoisotopic (exact) mass is 706 g/mol. The van der Waals surface area contributed by atoms with Gasteiger partial charge in [0, 0.05) is 56.3 Å². The van der Waals surface area contributed by atoms with Crippen LogP contribution in [-0.2, 0) is 30.9 Å². The quantitative estimate of drug-likeness (QED) is 0.319. The number of thiazole rings is 1. The smallest absolute Gasteiger partial charge is 0.318 e. The summed E-state index contributed by atoms with van der Waals surface area (Å²) < 4.78 is 55.2. The largest absolute Gasteiger partial charge is 0.467 e. The maximum absolute atomic E-state index is 15.0. The number of ether oxygens (including phenoxy) is 2. The number of halogens is 4. The van der Waals surface area contributed by atoms with Crippen LogP contribution in [-0.4, -0.2) is 81.5 Å². The highest BCUT2D eigenvalue weighted by molar-refractivity contribution is 7.16. The lowest BCUT2D eigenvalue weighted by Crippen LogP contribution is -2.29. The number of benzene rings is 1. The van der Waals surface area contributed by atoms with E-state index in [4.69, 9.17) is 21.1 Å². The Morgan fingerprint density at radius 3 is 2.81 bits per heavy atom. The molecule has 7 heterocycles. The molecule has 0 aliphatic carbocycles. The second-order valence-corrected chi connectivity index (χ2v) is 13.6. The fraction of sp³-hybridized carbons (Fsp3) is 0.516. The summed E-state index contributed by atoms with van der Waals surface area (Å²) in [7, 11) is 2.96. The highest BCUT2D eigenvalue weighted by Gasteiger charge is 2.35. The number of alkyl halides is 1. The molecule has 3 unspecified atom stereocenters. The molecule has 1 amide bonds. The van der Waals surface area contributed by atoms with Gasteiger partial charge in [-0.1, -0.05) is 22.9 Å². The van der Waals surface area contributed by atoms with Gasteiger partial charge in [0.15, 0.2) is 5.69 Å². The van der Waals surface area contributed by atoms with Crippen molar-refractivity contribution in [3.05, 3.63) is 60.6 Å². The molecule has 1 aromatic carbocycles. The first kappa shape index (κ1) is 32.8. The van der Waals surface area contributed by atoms with Crippen LogP contribution >= 0.6 is 22.9 Å². The van der Waals surface area contributed by atoms with E-state index in [2.05, 4.69) is 30.3 Å². The molecule has 2 N–H and O–H groups in total. The first-order valence-electron chi connectivity index (χ1n) is 15.8. The molecule has 12 nitrogen and oxygen atoms in total. The minimum absolute atomic E-state index is 0.0407. The topological polar surface area (TPSA) is 130 Å². The maximum atomic E-state index is 15.0. The van der Waals surface area contributed by atoms with E-state index in [-0.39, 0.29) is 51.4 Å². The van der Waals surface area contributed by atoms with Crippen LogP contribution in [0.3, 0.4) is 0 Å². The van der Waals surface area contributed by atoms with Crippen LogP contribution in [0, 0.1) is 11.6 Å². The van der Waals surface area contributed by atoms with Crippen molar-refractivity contribution in [3.63, 3.8) is 0 Å². The fourth-order valence-corrected chi connectivity index (χ4v) is 8.14. The number of anilines is 1. The number of hydrogen-bond donors (Lipinski definition) is 2. The van der Waals surface area contributed by atoms with Crippen LogP contribution < -0.4 is 19.8 Å². The number of aromatic amines is 1. The number of amides is 1. The van der Waals surface area contributed by atoms with Crippen LogP contribution in [0.2, 0.25) is 5.02 Å². The summed E-state index contributed by atoms with van der Waals surface area (Å²) in [6.45, 7) is 3.38. The van der Waals surface area contributed by atoms with Crippen molar-refractivity contribution in [1.82, 2.24) is 34.9 Å². The van der Waals surface area contributed by atoms with Crippen molar-refractivity contribution in [2.24, 2.45) is 0 Å². The first-order valence-corrected chi connectivity index (χ1v) is 17.0. The second kappa shape index (κ2) is 13.3. The zero-order valence-electron chi connectivity index (χ0n) is 26.3. The first-order chi connectivity index (χ1) is 23.1. The minimum atomic E-state index is -0.826. The van der Waals surface area contributed by atoms with E-state index in [1.165, 1.54) is 27.0 Å². The van der Waals surface area contributed by atoms with Crippen molar-refractivity contribution in [3.8, 4) is 6.01 Å². The molecule has 0 saturated carbocycles. The SMILES string of the molecule is CNC(=O)c1nn2c(c1Cl)CN(c1nc(OC)nc3c1COC(c1c(F)cc(F)c4sc(=O)[nH]c14)C3)CCC2.FC1CC2CCCN2C1. The molecular formula is C31H34ClF3N8O4S. The summed E-state index contributed by atoms with van der Waals surface area (Å²) >= 11 is 7.24. The zero-order chi connectivity index (χ0) is 33.7. The molecule has 2 saturated heterocycles. The molecule has 4 aromatic rings. The molecule has 0 radical (unpaired) electrons. The van der Waals surface area contributed by atoms with Gasteiger partial charge in [-0.3, -0.25) is 19.2 Å². The number of rotatable bonds is 4. The van der Waals surface area contributed by atoms with E-state index >= 15 is 4.39 Å². The van der Waals surface area contributed by atoms with Crippen molar-refractivity contribution >= 4 is 44.9 Å². The summed E-state index contributed by atoms with van der Waals surface area (Å²) in [5.74, 6) is -1.43. The molecule has 4 aliphatic rings. The third-order valence-corrected chi connectivity index (χ3v) is 10.6. The number of nitrogens with zero attached hydrogens (tertiary/aromatic N) is 6. The predicted molar refractivity (Wildman–Crippen MR) is 173 cm³/mol. The standard InChI is InChI=1S/C24H22ClF2N7O4S.C7H12FN/c1-28-22(35)19-17(25)14-8-33(4-3-5-34(14)32-19)21-10-9-38-15(7-13(10)29-23(31-21)37-2)16-11(26)6-12(27)20-18(16)30-24(36)39-20;8-6-4-7-2-1-3-9(7)5-6/h6,15H,3-5,7-9H2,1-2H3,(H,28,35)(H,30,36);6-7H,1-5H2. The lowest BCUT2D eigenvalue weighted by Gasteiger charge is -2.30. The number of hydrogen-bond acceptors (Lipinski definition) is 10. The summed E-state index contributed by atoms with van der Waals surface area (Å²) in [5, 5.41) is 7.21. The van der Waals surface area contributed by atoms with Crippen molar-refractivity contribution < 1.29 is 27.4 Å². The molecule has 2 fully saturated rings. The van der Waals surface area contributed by atoms with Gasteiger partial charge in [0.2, 0.25) is 0 Å². The Morgan fingerprint density at radius 1 is 1.21 bits per heavy atom. The molecule has 0 bridgehead atoms. The van der Waals surface area contributed by atoms with E-state index in [9.17, 15) is 18.4 Å². The van der Waals surface area contributed by atoms with Crippen molar-refractivity contribution in [2.45, 2.75) is 70.1 Å². The Hall–Kier alpha value is -3.73. The third-order valence-electron chi connectivity index (χ3n) is 9.34. The number of nitrogens with one attached hydrogen (secondary N) is 2. The number of fused-ring (bicyclic) bond motifs is 4. The predicted octanol–water partition coefficient (Wildman–Crippen LogP) is 4.29. The van der Waals surface area contributed by atoms with Crippen LogP contribution in [0.25, 0.3) is 10.2 Å². The van der Waals surface area contributed by atoms with Gasteiger partial charge in [-0.25, -0.2) is 13.2 Å². The fourth-order valence-electron chi connectivity index (χ4n) is 7.10. The highest BCUT2D eigenvalue weighted by Crippen LogP contribution is 2.40. The summed E-state index contributed by atoms with van der Waals surface area (Å²) in [4.78, 5) is 39.6. The maximum Gasteiger partial charge on any atom is 0.318 e. The molecular weight excluding hydrogens is 673 g/mol. The average Bonchev–Trinajstić information content (AvgIpc) is 3.80. The zero-order valence-corrected chi connectivity index (χ0v) is 27.9. The van der Waals surface area contributed by atoms with Crippen LogP contribution in [0.4, 0.5) is 19.0 Å². The molecule has 3 aromatic heterocycles. The molecule has 17 heteroatoms. The third kappa shape index (κ3) is 6.03. The lowest BCUT2D eigenvalue weighted by atomic mass is 9.97. The van der Waals surface area contributed by atoms with Crippen LogP contribution in [0.5, 0.6) is 6.01 Å². The number of aromatic nitrogens is 5. The lowest BCUT2D eigenvalue weighted by molar-refractivity contribution is 0.0244. The highest BCUT2D eigenvalue weighted by atomic mass is 35.5. The van der Waals surface area contributed by atoms with Gasteiger partial charge in [-0.05, 0) is 32.2 Å². The molecule has 48 heavy (non-hydrogen) atoms. The van der Waals surface area contributed by atoms with Crippen LogP contribution in [0.1, 0.15) is 64.8 Å². The van der Waals surface area contributed by atoms with E-state index in [0.29, 0.717) is 72.7 Å². The normalized spacial score (nSPS) is 22.0. The Balaban J connectivity index is 0.000000347. The Morgan fingerprint density at radius 2 is 2.04 bits per heavy atom. The summed E-state index contributed by atoms with van der Waals surface area (Å²) in [6, 6.07) is 1.50. The molecule has 3 atom stereocenters. The van der Waals surface area contributed by atoms with Gasteiger partial charge >= 0.3 is 10.9 Å². The number of carbonyl (C=O) groups is 1. The minimum Gasteiger partial charge on any atom is -0.467 e. The number of carbonyl (C=O) groups excluding carboxylic acids is 1. The van der Waals surface area contributed by atoms with E-state index < -0.39 is 28.8 Å². The second-order valence-electron chi connectivity index (χ2n) is 12.2.